The van der Waals surface area contributed by atoms with Crippen molar-refractivity contribution in [3.8, 4) is 17.1 Å². The Bertz CT molecular complexity index is 496. The average Bonchev–Trinajstić information content (AvgIpc) is 2.87. The molecule has 0 fully saturated rings. The van der Waals surface area contributed by atoms with Crippen molar-refractivity contribution in [1.29, 1.82) is 0 Å². The zero-order valence-electron chi connectivity index (χ0n) is 9.88. The predicted molar refractivity (Wildman–Crippen MR) is 63.8 cm³/mol. The molecule has 1 unspecified atom stereocenters. The van der Waals surface area contributed by atoms with Crippen molar-refractivity contribution < 1.29 is 9.26 Å². The number of hydrogen-bond donors (Lipinski definition) is 1. The quantitative estimate of drug-likeness (QED) is 0.871. The molecule has 17 heavy (non-hydrogen) atoms. The van der Waals surface area contributed by atoms with E-state index in [1.165, 1.54) is 0 Å². The minimum Gasteiger partial charge on any atom is -0.496 e. The van der Waals surface area contributed by atoms with Gasteiger partial charge in [-0.05, 0) is 12.1 Å². The first kappa shape index (κ1) is 11.6. The number of nitrogens with zero attached hydrogens (tertiary/aromatic N) is 2. The predicted octanol–water partition coefficient (Wildman–Crippen LogP) is 1.81. The number of ether oxygens (including phenoxy) is 1. The summed E-state index contributed by atoms with van der Waals surface area (Å²) in [5.41, 5.74) is 6.37. The molecule has 0 aliphatic carbocycles. The summed E-state index contributed by atoms with van der Waals surface area (Å²) in [5, 5.41) is 3.94. The topological polar surface area (TPSA) is 74.2 Å². The molecular formula is C12H15N3O2. The Morgan fingerprint density at radius 2 is 2.18 bits per heavy atom. The van der Waals surface area contributed by atoms with Crippen molar-refractivity contribution in [2.24, 2.45) is 5.73 Å². The Kier molecular flexibility index (Phi) is 3.39. The van der Waals surface area contributed by atoms with Gasteiger partial charge in [0.1, 0.15) is 5.75 Å². The molecule has 0 amide bonds. The summed E-state index contributed by atoms with van der Waals surface area (Å²) in [6, 6.07) is 7.55. The fourth-order valence-corrected chi connectivity index (χ4v) is 1.47. The number of hydrogen-bond acceptors (Lipinski definition) is 5. The Morgan fingerprint density at radius 3 is 2.88 bits per heavy atom. The molecule has 1 atom stereocenters. The summed E-state index contributed by atoms with van der Waals surface area (Å²) < 4.78 is 10.4. The van der Waals surface area contributed by atoms with Crippen LogP contribution in [0, 0.1) is 0 Å². The highest BCUT2D eigenvalue weighted by molar-refractivity contribution is 5.63. The van der Waals surface area contributed by atoms with Gasteiger partial charge in [0, 0.05) is 12.5 Å². The van der Waals surface area contributed by atoms with Crippen LogP contribution in [-0.2, 0) is 0 Å². The number of rotatable bonds is 4. The molecular weight excluding hydrogens is 218 g/mol. The third-order valence-electron chi connectivity index (χ3n) is 2.56. The van der Waals surface area contributed by atoms with Gasteiger partial charge in [-0.3, -0.25) is 0 Å². The molecule has 0 aliphatic rings. The summed E-state index contributed by atoms with van der Waals surface area (Å²) in [4.78, 5) is 4.32. The average molecular weight is 233 g/mol. The van der Waals surface area contributed by atoms with Gasteiger partial charge in [0.2, 0.25) is 11.7 Å². The minimum atomic E-state index is 0.0611. The summed E-state index contributed by atoms with van der Waals surface area (Å²) >= 11 is 0. The van der Waals surface area contributed by atoms with Crippen LogP contribution < -0.4 is 10.5 Å². The van der Waals surface area contributed by atoms with Crippen LogP contribution in [0.5, 0.6) is 5.75 Å². The van der Waals surface area contributed by atoms with E-state index in [4.69, 9.17) is 15.0 Å². The first-order valence-electron chi connectivity index (χ1n) is 5.43. The van der Waals surface area contributed by atoms with Gasteiger partial charge in [-0.2, -0.15) is 4.98 Å². The summed E-state index contributed by atoms with van der Waals surface area (Å²) in [6.07, 6.45) is 0. The Hall–Kier alpha value is -1.88. The molecule has 0 saturated carbocycles. The molecule has 2 N–H and O–H groups in total. The van der Waals surface area contributed by atoms with Crippen molar-refractivity contribution in [1.82, 2.24) is 10.1 Å². The molecule has 1 aromatic heterocycles. The maximum Gasteiger partial charge on any atom is 0.231 e. The number of nitrogens with two attached hydrogens (primary N) is 1. The number of para-hydroxylation sites is 1. The van der Waals surface area contributed by atoms with E-state index >= 15 is 0 Å². The number of methoxy groups -OCH3 is 1. The zero-order valence-corrected chi connectivity index (χ0v) is 9.88. The van der Waals surface area contributed by atoms with Crippen molar-refractivity contribution in [2.45, 2.75) is 12.8 Å². The van der Waals surface area contributed by atoms with Crippen LogP contribution in [0.2, 0.25) is 0 Å². The van der Waals surface area contributed by atoms with Crippen LogP contribution in [0.3, 0.4) is 0 Å². The largest absolute Gasteiger partial charge is 0.496 e. The zero-order chi connectivity index (χ0) is 12.3. The van der Waals surface area contributed by atoms with E-state index in [0.29, 0.717) is 18.3 Å². The lowest BCUT2D eigenvalue weighted by Gasteiger charge is -2.03. The van der Waals surface area contributed by atoms with Gasteiger partial charge in [0.15, 0.2) is 0 Å². The first-order chi connectivity index (χ1) is 8.26. The van der Waals surface area contributed by atoms with Crippen LogP contribution in [-0.4, -0.2) is 23.8 Å². The summed E-state index contributed by atoms with van der Waals surface area (Å²) in [7, 11) is 1.61. The van der Waals surface area contributed by atoms with E-state index in [2.05, 4.69) is 10.1 Å². The molecule has 2 rings (SSSR count). The third kappa shape index (κ3) is 2.29. The van der Waals surface area contributed by atoms with E-state index in [1.54, 1.807) is 7.11 Å². The molecule has 90 valence electrons. The Morgan fingerprint density at radius 1 is 1.41 bits per heavy atom. The maximum absolute atomic E-state index is 5.56. The maximum atomic E-state index is 5.56. The van der Waals surface area contributed by atoms with Gasteiger partial charge in [0.25, 0.3) is 0 Å². The minimum absolute atomic E-state index is 0.0611. The number of benzene rings is 1. The highest BCUT2D eigenvalue weighted by Crippen LogP contribution is 2.27. The smallest absolute Gasteiger partial charge is 0.231 e. The lowest BCUT2D eigenvalue weighted by Crippen LogP contribution is -2.08. The highest BCUT2D eigenvalue weighted by atomic mass is 16.5. The molecule has 0 spiro atoms. The van der Waals surface area contributed by atoms with Gasteiger partial charge in [0.05, 0.1) is 12.7 Å². The van der Waals surface area contributed by atoms with Crippen molar-refractivity contribution in [2.75, 3.05) is 13.7 Å². The molecule has 2 aromatic rings. The second kappa shape index (κ2) is 4.97. The Labute approximate surface area is 99.6 Å². The Balaban J connectivity index is 2.37. The van der Waals surface area contributed by atoms with Crippen LogP contribution in [0.25, 0.3) is 11.4 Å². The fourth-order valence-electron chi connectivity index (χ4n) is 1.47. The molecule has 0 bridgehead atoms. The van der Waals surface area contributed by atoms with E-state index in [1.807, 2.05) is 31.2 Å². The molecule has 5 heteroatoms. The number of aromatic nitrogens is 2. The van der Waals surface area contributed by atoms with Crippen LogP contribution >= 0.6 is 0 Å². The van der Waals surface area contributed by atoms with Crippen molar-refractivity contribution in [3.63, 3.8) is 0 Å². The van der Waals surface area contributed by atoms with Crippen molar-refractivity contribution >= 4 is 0 Å². The molecule has 0 radical (unpaired) electrons. The van der Waals surface area contributed by atoms with E-state index in [-0.39, 0.29) is 5.92 Å². The van der Waals surface area contributed by atoms with Crippen LogP contribution in [0.15, 0.2) is 28.8 Å². The molecule has 1 aromatic carbocycles. The van der Waals surface area contributed by atoms with E-state index < -0.39 is 0 Å². The van der Waals surface area contributed by atoms with Gasteiger partial charge >= 0.3 is 0 Å². The summed E-state index contributed by atoms with van der Waals surface area (Å²) in [6.45, 7) is 2.42. The standard InChI is InChI=1S/C12H15N3O2/c1-8(7-13)12-14-11(15-17-12)9-5-3-4-6-10(9)16-2/h3-6,8H,7,13H2,1-2H3. The van der Waals surface area contributed by atoms with Crippen molar-refractivity contribution in [3.05, 3.63) is 30.2 Å². The van der Waals surface area contributed by atoms with E-state index in [9.17, 15) is 0 Å². The SMILES string of the molecule is COc1ccccc1-c1noc(C(C)CN)n1. The molecule has 0 aliphatic heterocycles. The van der Waals surface area contributed by atoms with Crippen LogP contribution in [0.4, 0.5) is 0 Å². The monoisotopic (exact) mass is 233 g/mol. The van der Waals surface area contributed by atoms with Gasteiger partial charge in [-0.15, -0.1) is 0 Å². The fraction of sp³-hybridized carbons (Fsp3) is 0.333. The lowest BCUT2D eigenvalue weighted by atomic mass is 10.1. The molecule has 0 saturated heterocycles. The second-order valence-electron chi connectivity index (χ2n) is 3.79. The van der Waals surface area contributed by atoms with E-state index in [0.717, 1.165) is 11.3 Å². The third-order valence-corrected chi connectivity index (χ3v) is 2.56. The molecule has 1 heterocycles. The highest BCUT2D eigenvalue weighted by Gasteiger charge is 2.15. The normalized spacial score (nSPS) is 12.4. The second-order valence-corrected chi connectivity index (χ2v) is 3.79. The van der Waals surface area contributed by atoms with Gasteiger partial charge < -0.3 is 15.0 Å². The van der Waals surface area contributed by atoms with Gasteiger partial charge in [-0.25, -0.2) is 0 Å². The first-order valence-corrected chi connectivity index (χ1v) is 5.43. The molecule has 5 nitrogen and oxygen atoms in total. The lowest BCUT2D eigenvalue weighted by molar-refractivity contribution is 0.361. The summed E-state index contributed by atoms with van der Waals surface area (Å²) in [5.74, 6) is 1.86. The van der Waals surface area contributed by atoms with Crippen LogP contribution in [0.1, 0.15) is 18.7 Å². The van der Waals surface area contributed by atoms with Gasteiger partial charge in [-0.1, -0.05) is 24.2 Å².